The zero-order valence-electron chi connectivity index (χ0n) is 0. The van der Waals surface area contributed by atoms with E-state index in [9.17, 15) is 0 Å². The Morgan fingerprint density at radius 2 is 0.143 bits per heavy atom. The number of hydrogen-bond acceptors (Lipinski definition) is 0. The van der Waals surface area contributed by atoms with E-state index in [4.69, 9.17) is 0 Å². The van der Waals surface area contributed by atoms with Crippen molar-refractivity contribution in [1.82, 2.24) is 0 Å². The molecule has 0 radical (unpaired) electrons. The van der Waals surface area contributed by atoms with Gasteiger partial charge in [-0.15, -0.1) is 0 Å². The van der Waals surface area contributed by atoms with Crippen LogP contribution in [0.4, 0.5) is 0 Å². The number of rotatable bonds is 0. The molecule has 0 heteroatoms. The van der Waals surface area contributed by atoms with Crippen LogP contribution in [0.2, 0.25) is 0 Å². The fourth-order valence-electron chi connectivity index (χ4n) is 0. The standard InChI is InChI=1S/14CH4.3H2/h14*1H4;3*1H. The Morgan fingerprint density at radius 1 is 0.143 bits per heavy atom. The summed E-state index contributed by atoms with van der Waals surface area (Å²) in [6.07, 6.45) is 0. The van der Waals surface area contributed by atoms with Gasteiger partial charge in [0.05, 0.1) is 0 Å². The summed E-state index contributed by atoms with van der Waals surface area (Å²) < 4.78 is 0. The lowest BCUT2D eigenvalue weighted by atomic mass is 12.0. The summed E-state index contributed by atoms with van der Waals surface area (Å²) in [6.45, 7) is 0. The zero-order valence-corrected chi connectivity index (χ0v) is 0. The molecule has 0 aromatic rings. The van der Waals surface area contributed by atoms with E-state index in [2.05, 4.69) is 0 Å². The van der Waals surface area contributed by atoms with E-state index in [-0.39, 0.29) is 108 Å². The molecule has 0 unspecified atom stereocenters. The maximum atomic E-state index is 0. The average molecular weight is 231 g/mol. The van der Waals surface area contributed by atoms with Crippen LogP contribution in [0.25, 0.3) is 0 Å². The highest BCUT2D eigenvalue weighted by molar-refractivity contribution is 2.52. The van der Waals surface area contributed by atoms with E-state index < -0.39 is 0 Å². The molecule has 0 amide bonds. The lowest BCUT2D eigenvalue weighted by Crippen LogP contribution is 0.143. The summed E-state index contributed by atoms with van der Waals surface area (Å²) >= 11 is 0. The average Bonchev–Trinajstić information content (AvgIpc) is 0. The van der Waals surface area contributed by atoms with E-state index in [1.807, 2.05) is 0 Å². The second kappa shape index (κ2) is 0. The van der Waals surface area contributed by atoms with Gasteiger partial charge >= 0.3 is 0 Å². The summed E-state index contributed by atoms with van der Waals surface area (Å²) in [5.41, 5.74) is 0. The molecule has 0 fully saturated rings. The monoisotopic (exact) mass is 230 g/mol. The molecule has 0 aliphatic rings. The Morgan fingerprint density at radius 3 is 0.143 bits per heavy atom. The minimum atomic E-state index is 0. The van der Waals surface area contributed by atoms with E-state index >= 15 is 0 Å². The Balaban J connectivity index is 0. The van der Waals surface area contributed by atoms with Crippen molar-refractivity contribution in [2.75, 3.05) is 0 Å². The lowest BCUT2D eigenvalue weighted by Gasteiger charge is -0.0786. The van der Waals surface area contributed by atoms with Crippen LogP contribution in [0.3, 0.4) is 0 Å². The van der Waals surface area contributed by atoms with Gasteiger partial charge in [-0.1, -0.05) is 104 Å². The quantitative estimate of drug-likeness (QED) is 0.388. The van der Waals surface area contributed by atoms with Gasteiger partial charge in [0.2, 0.25) is 0 Å². The van der Waals surface area contributed by atoms with Crippen LogP contribution < -0.4 is 0 Å². The first-order valence-electron chi connectivity index (χ1n) is 0. The van der Waals surface area contributed by atoms with Crippen LogP contribution in [0.15, 0.2) is 0 Å². The van der Waals surface area contributed by atoms with Crippen LogP contribution in [0, 0.1) is 0 Å². The summed E-state index contributed by atoms with van der Waals surface area (Å²) in [5, 5.41) is 0. The molecular weight excluding hydrogens is 168 g/mol. The Hall–Kier alpha value is 0. The van der Waals surface area contributed by atoms with Gasteiger partial charge in [-0.2, -0.15) is 0 Å². The molecule has 0 aromatic carbocycles. The Kier molecular flexibility index (Phi) is 0. The molecule has 0 atom stereocenters. The molecule has 0 rings (SSSR count). The predicted molar refractivity (Wildman–Crippen MR) is 101 cm³/mol. The molecular formula is C14H62. The highest BCUT2D eigenvalue weighted by Crippen LogP contribution is 0.157. The van der Waals surface area contributed by atoms with Gasteiger partial charge in [0.25, 0.3) is 0 Å². The SMILES string of the molecule is C.C.C.C.C.C.C.C.C.C.C.C.C.C.[HH].[HH].[HH]. The molecule has 0 spiro atoms. The van der Waals surface area contributed by atoms with Gasteiger partial charge < -0.3 is 0 Å². The molecule has 0 saturated heterocycles. The van der Waals surface area contributed by atoms with Gasteiger partial charge in [0.1, 0.15) is 0 Å². The summed E-state index contributed by atoms with van der Waals surface area (Å²) in [6, 6.07) is 0. The van der Waals surface area contributed by atoms with Gasteiger partial charge in [-0.05, 0) is 0 Å². The van der Waals surface area contributed by atoms with Crippen molar-refractivity contribution in [2.45, 2.75) is 104 Å². The number of hydrogen-bond donors (Lipinski definition) is 0. The Bertz CT molecular complexity index is 11.4. The molecule has 0 nitrogen and oxygen atoms in total. The van der Waals surface area contributed by atoms with Crippen molar-refractivity contribution in [3.8, 4) is 0 Å². The fourth-order valence-corrected chi connectivity index (χ4v) is 0. The van der Waals surface area contributed by atoms with Crippen LogP contribution in [-0.4, -0.2) is 0 Å². The summed E-state index contributed by atoms with van der Waals surface area (Å²) in [5.74, 6) is 0. The minimum absolute atomic E-state index is 0. The van der Waals surface area contributed by atoms with Crippen molar-refractivity contribution < 1.29 is 4.28 Å². The predicted octanol–water partition coefficient (Wildman–Crippen LogP) is 9.64. The summed E-state index contributed by atoms with van der Waals surface area (Å²) in [4.78, 5) is 0. The van der Waals surface area contributed by atoms with Crippen LogP contribution >= 0.6 is 0 Å². The molecule has 0 N–H and O–H groups in total. The van der Waals surface area contributed by atoms with Crippen LogP contribution in [-0.2, 0) is 0 Å². The lowest BCUT2D eigenvalue weighted by molar-refractivity contribution is 2.50. The Labute approximate surface area is 109 Å². The third-order valence-electron chi connectivity index (χ3n) is 0. The fraction of sp³-hybridized carbons (Fsp3) is 1.00. The smallest absolute Gasteiger partial charge is 0 e. The van der Waals surface area contributed by atoms with E-state index in [1.165, 1.54) is 0 Å². The van der Waals surface area contributed by atoms with Crippen molar-refractivity contribution in [3.63, 3.8) is 0 Å². The molecule has 0 aliphatic heterocycles. The van der Waals surface area contributed by atoms with Crippen LogP contribution in [0.1, 0.15) is 108 Å². The maximum Gasteiger partial charge on any atom is 0 e. The highest BCUT2D eigenvalue weighted by atomic mass is 12.0. The first-order chi connectivity index (χ1) is 0. The van der Waals surface area contributed by atoms with Crippen molar-refractivity contribution in [3.05, 3.63) is 0 Å². The molecule has 118 valence electrons. The van der Waals surface area contributed by atoms with E-state index in [0.29, 0.717) is 0 Å². The van der Waals surface area contributed by atoms with Crippen molar-refractivity contribution in [1.29, 1.82) is 0 Å². The molecule has 0 aliphatic carbocycles. The third kappa shape index (κ3) is 0. The summed E-state index contributed by atoms with van der Waals surface area (Å²) in [7, 11) is 0. The van der Waals surface area contributed by atoms with Crippen molar-refractivity contribution >= 4 is 0 Å². The largest absolute Gasteiger partial charge is 0.0776 e. The molecule has 0 aromatic heterocycles. The molecule has 14 heavy (non-hydrogen) atoms. The van der Waals surface area contributed by atoms with Gasteiger partial charge in [-0.25, -0.2) is 0 Å². The molecule has 0 bridgehead atoms. The second-order valence-corrected chi connectivity index (χ2v) is 0. The molecule has 0 saturated carbocycles. The topological polar surface area (TPSA) is 0 Å². The highest BCUT2D eigenvalue weighted by Gasteiger charge is -0.0646. The second-order valence-electron chi connectivity index (χ2n) is 0. The van der Waals surface area contributed by atoms with Gasteiger partial charge in [0.15, 0.2) is 0 Å². The van der Waals surface area contributed by atoms with Crippen LogP contribution in [0.5, 0.6) is 0 Å². The third-order valence-corrected chi connectivity index (χ3v) is 0. The normalized spacial score (nSPS) is 0. The zero-order chi connectivity index (χ0) is 0. The van der Waals surface area contributed by atoms with E-state index in [1.54, 1.807) is 0 Å². The molecule has 0 heterocycles. The van der Waals surface area contributed by atoms with Gasteiger partial charge in [0, 0.05) is 4.28 Å². The first kappa shape index (κ1) is 0. The maximum absolute atomic E-state index is 0. The van der Waals surface area contributed by atoms with E-state index in [0.717, 1.165) is 0 Å². The minimum Gasteiger partial charge on any atom is -0.0776 e. The van der Waals surface area contributed by atoms with Gasteiger partial charge in [-0.3, -0.25) is 0 Å². The first-order valence-corrected chi connectivity index (χ1v) is 0. The van der Waals surface area contributed by atoms with Crippen molar-refractivity contribution in [2.24, 2.45) is 0 Å².